The molecule has 1 heterocycles. The lowest BCUT2D eigenvalue weighted by Crippen LogP contribution is -2.23. The molecule has 1 aromatic heterocycles. The molecule has 5 heteroatoms. The first-order valence-electron chi connectivity index (χ1n) is 8.29. The number of carbonyl (C=O) groups is 2. The lowest BCUT2D eigenvalue weighted by Gasteiger charge is -2.08. The molecule has 0 aliphatic carbocycles. The monoisotopic (exact) mass is 335 g/mol. The van der Waals surface area contributed by atoms with Crippen LogP contribution in [-0.4, -0.2) is 16.4 Å². The summed E-state index contributed by atoms with van der Waals surface area (Å²) in [5.41, 5.74) is 2.89. The van der Waals surface area contributed by atoms with Gasteiger partial charge >= 0.3 is 0 Å². The van der Waals surface area contributed by atoms with Crippen molar-refractivity contribution in [2.45, 2.75) is 26.4 Å². The summed E-state index contributed by atoms with van der Waals surface area (Å²) in [7, 11) is 0. The number of hydrogen-bond donors (Lipinski definition) is 2. The minimum atomic E-state index is -0.0985. The number of rotatable bonds is 6. The Morgan fingerprint density at radius 2 is 1.76 bits per heavy atom. The third-order valence-electron chi connectivity index (χ3n) is 4.02. The molecular weight excluding hydrogens is 314 g/mol. The Balaban J connectivity index is 1.49. The second-order valence-electron chi connectivity index (χ2n) is 5.97. The number of anilines is 1. The van der Waals surface area contributed by atoms with Gasteiger partial charge in [0, 0.05) is 43.8 Å². The van der Waals surface area contributed by atoms with Gasteiger partial charge in [-0.05, 0) is 35.2 Å². The smallest absolute Gasteiger partial charge is 0.222 e. The van der Waals surface area contributed by atoms with Crippen LogP contribution in [0.1, 0.15) is 18.9 Å². The maximum absolute atomic E-state index is 12.1. The van der Waals surface area contributed by atoms with Gasteiger partial charge in [-0.15, -0.1) is 0 Å². The van der Waals surface area contributed by atoms with Gasteiger partial charge < -0.3 is 15.2 Å². The minimum absolute atomic E-state index is 0.0173. The molecule has 2 N–H and O–H groups in total. The maximum atomic E-state index is 12.1. The molecule has 0 saturated heterocycles. The van der Waals surface area contributed by atoms with Gasteiger partial charge in [-0.3, -0.25) is 9.59 Å². The highest BCUT2D eigenvalue weighted by Gasteiger charge is 2.05. The van der Waals surface area contributed by atoms with Crippen molar-refractivity contribution in [1.82, 2.24) is 9.88 Å². The highest BCUT2D eigenvalue weighted by molar-refractivity contribution is 5.88. The van der Waals surface area contributed by atoms with E-state index in [4.69, 9.17) is 0 Å². The van der Waals surface area contributed by atoms with Gasteiger partial charge in [0.05, 0.1) is 0 Å². The molecular formula is C20H21N3O2. The molecule has 0 spiro atoms. The van der Waals surface area contributed by atoms with E-state index < -0.39 is 0 Å². The summed E-state index contributed by atoms with van der Waals surface area (Å²) >= 11 is 0. The van der Waals surface area contributed by atoms with Crippen LogP contribution in [0.15, 0.2) is 60.8 Å². The van der Waals surface area contributed by atoms with Crippen molar-refractivity contribution >= 4 is 28.4 Å². The number of para-hydroxylation sites is 1. The molecule has 2 amide bonds. The van der Waals surface area contributed by atoms with Gasteiger partial charge in [0.25, 0.3) is 0 Å². The largest absolute Gasteiger partial charge is 0.352 e. The van der Waals surface area contributed by atoms with Gasteiger partial charge in [-0.1, -0.05) is 30.3 Å². The zero-order valence-corrected chi connectivity index (χ0v) is 14.2. The van der Waals surface area contributed by atoms with E-state index in [1.54, 1.807) is 0 Å². The van der Waals surface area contributed by atoms with Gasteiger partial charge in [0.2, 0.25) is 11.8 Å². The first-order valence-corrected chi connectivity index (χ1v) is 8.29. The highest BCUT2D eigenvalue weighted by atomic mass is 16.2. The maximum Gasteiger partial charge on any atom is 0.222 e. The molecule has 0 fully saturated rings. The van der Waals surface area contributed by atoms with Crippen LogP contribution in [0.5, 0.6) is 0 Å². The van der Waals surface area contributed by atoms with Crippen LogP contribution in [0.2, 0.25) is 0 Å². The van der Waals surface area contributed by atoms with E-state index in [1.807, 2.05) is 42.6 Å². The van der Waals surface area contributed by atoms with E-state index in [0.717, 1.165) is 16.8 Å². The molecule has 0 saturated carbocycles. The Bertz CT molecular complexity index is 881. The summed E-state index contributed by atoms with van der Waals surface area (Å²) in [6.07, 6.45) is 2.45. The average Bonchev–Trinajstić information content (AvgIpc) is 3.02. The molecule has 25 heavy (non-hydrogen) atoms. The average molecular weight is 335 g/mol. The first kappa shape index (κ1) is 16.8. The number of nitrogens with one attached hydrogen (secondary N) is 2. The number of amides is 2. The molecule has 0 bridgehead atoms. The first-order chi connectivity index (χ1) is 12.1. The summed E-state index contributed by atoms with van der Waals surface area (Å²) in [5, 5.41) is 6.83. The van der Waals surface area contributed by atoms with Crippen LogP contribution in [0, 0.1) is 0 Å². The molecule has 0 aliphatic heterocycles. The molecule has 5 nitrogen and oxygen atoms in total. The van der Waals surface area contributed by atoms with Crippen molar-refractivity contribution in [2.24, 2.45) is 0 Å². The van der Waals surface area contributed by atoms with Crippen LogP contribution < -0.4 is 10.6 Å². The standard InChI is InChI=1S/C20H21N3O2/c1-15(24)22-18-8-6-16(7-9-18)14-21-20(25)11-13-23-12-10-17-4-2-3-5-19(17)23/h2-10,12H,11,13-14H2,1H3,(H,21,25)(H,22,24). The van der Waals surface area contributed by atoms with E-state index >= 15 is 0 Å². The second kappa shape index (κ2) is 7.66. The molecule has 3 rings (SSSR count). The summed E-state index contributed by atoms with van der Waals surface area (Å²) < 4.78 is 2.09. The number of fused-ring (bicyclic) bond motifs is 1. The van der Waals surface area contributed by atoms with E-state index in [1.165, 1.54) is 12.3 Å². The van der Waals surface area contributed by atoms with Gasteiger partial charge in [-0.2, -0.15) is 0 Å². The normalized spacial score (nSPS) is 10.6. The predicted octanol–water partition coefficient (Wildman–Crippen LogP) is 3.31. The Labute approximate surface area is 146 Å². The van der Waals surface area contributed by atoms with E-state index in [9.17, 15) is 9.59 Å². The number of aryl methyl sites for hydroxylation is 1. The third kappa shape index (κ3) is 4.47. The van der Waals surface area contributed by atoms with Crippen molar-refractivity contribution in [3.8, 4) is 0 Å². The summed E-state index contributed by atoms with van der Waals surface area (Å²) in [6.45, 7) is 2.61. The number of aromatic nitrogens is 1. The number of nitrogens with zero attached hydrogens (tertiary/aromatic N) is 1. The zero-order chi connectivity index (χ0) is 17.6. The van der Waals surface area contributed by atoms with Crippen LogP contribution in [-0.2, 0) is 22.7 Å². The van der Waals surface area contributed by atoms with Gasteiger partial charge in [0.15, 0.2) is 0 Å². The quantitative estimate of drug-likeness (QED) is 0.726. The fraction of sp³-hybridized carbons (Fsp3) is 0.200. The Morgan fingerprint density at radius 3 is 2.52 bits per heavy atom. The molecule has 0 atom stereocenters. The number of benzene rings is 2. The topological polar surface area (TPSA) is 63.1 Å². The van der Waals surface area contributed by atoms with Gasteiger partial charge in [0.1, 0.15) is 0 Å². The molecule has 0 radical (unpaired) electrons. The summed E-state index contributed by atoms with van der Waals surface area (Å²) in [4.78, 5) is 23.1. The van der Waals surface area contributed by atoms with E-state index in [2.05, 4.69) is 33.4 Å². The van der Waals surface area contributed by atoms with Crippen LogP contribution in [0.25, 0.3) is 10.9 Å². The molecule has 0 unspecified atom stereocenters. The zero-order valence-electron chi connectivity index (χ0n) is 14.2. The second-order valence-corrected chi connectivity index (χ2v) is 5.97. The summed E-state index contributed by atoms with van der Waals surface area (Å²) in [5.74, 6) is -0.0812. The van der Waals surface area contributed by atoms with Crippen molar-refractivity contribution in [3.05, 3.63) is 66.4 Å². The summed E-state index contributed by atoms with van der Waals surface area (Å²) in [6, 6.07) is 17.6. The van der Waals surface area contributed by atoms with Crippen molar-refractivity contribution in [1.29, 1.82) is 0 Å². The Kier molecular flexibility index (Phi) is 5.14. The predicted molar refractivity (Wildman–Crippen MR) is 99.1 cm³/mol. The Morgan fingerprint density at radius 1 is 1.00 bits per heavy atom. The Hall–Kier alpha value is -3.08. The highest BCUT2D eigenvalue weighted by Crippen LogP contribution is 2.15. The number of hydrogen-bond acceptors (Lipinski definition) is 2. The fourth-order valence-corrected chi connectivity index (χ4v) is 2.76. The molecule has 3 aromatic rings. The van der Waals surface area contributed by atoms with E-state index in [0.29, 0.717) is 19.5 Å². The van der Waals surface area contributed by atoms with Crippen LogP contribution in [0.4, 0.5) is 5.69 Å². The number of carbonyl (C=O) groups excluding carboxylic acids is 2. The molecule has 128 valence electrons. The SMILES string of the molecule is CC(=O)Nc1ccc(CNC(=O)CCn2ccc3ccccc32)cc1. The van der Waals surface area contributed by atoms with Crippen LogP contribution in [0.3, 0.4) is 0 Å². The molecule has 0 aliphatic rings. The van der Waals surface area contributed by atoms with Crippen molar-refractivity contribution in [2.75, 3.05) is 5.32 Å². The third-order valence-corrected chi connectivity index (χ3v) is 4.02. The lowest BCUT2D eigenvalue weighted by molar-refractivity contribution is -0.121. The van der Waals surface area contributed by atoms with E-state index in [-0.39, 0.29) is 11.8 Å². The van der Waals surface area contributed by atoms with Crippen molar-refractivity contribution < 1.29 is 9.59 Å². The lowest BCUT2D eigenvalue weighted by atomic mass is 10.2. The minimum Gasteiger partial charge on any atom is -0.352 e. The fourth-order valence-electron chi connectivity index (χ4n) is 2.76. The molecule has 2 aromatic carbocycles. The van der Waals surface area contributed by atoms with Gasteiger partial charge in [-0.25, -0.2) is 0 Å². The van der Waals surface area contributed by atoms with Crippen molar-refractivity contribution in [3.63, 3.8) is 0 Å². The van der Waals surface area contributed by atoms with Crippen LogP contribution >= 0.6 is 0 Å².